The Hall–Kier alpha value is -7.15. The molecule has 0 amide bonds. The molecule has 0 fully saturated rings. The number of hydrogen-bond donors (Lipinski definition) is 2. The van der Waals surface area contributed by atoms with Gasteiger partial charge in [-0.3, -0.25) is 5.32 Å². The summed E-state index contributed by atoms with van der Waals surface area (Å²) in [4.78, 5) is 5.20. The van der Waals surface area contributed by atoms with Gasteiger partial charge in [-0.05, 0) is 101 Å². The quantitative estimate of drug-likeness (QED) is 0.170. The first-order chi connectivity index (χ1) is 28.7. The minimum atomic E-state index is -0.120. The van der Waals surface area contributed by atoms with Crippen LogP contribution in [0.15, 0.2) is 191 Å². The normalized spacial score (nSPS) is 16.8. The Morgan fingerprint density at radius 3 is 2.19 bits per heavy atom. The highest BCUT2D eigenvalue weighted by atomic mass is 16.5. The van der Waals surface area contributed by atoms with Crippen LogP contribution in [-0.4, -0.2) is 23.7 Å². The average Bonchev–Trinajstić information content (AvgIpc) is 3.84. The van der Waals surface area contributed by atoms with E-state index in [1.807, 2.05) is 0 Å². The molecule has 2 aromatic heterocycles. The minimum absolute atomic E-state index is 0.0787. The molecule has 6 nitrogen and oxygen atoms in total. The van der Waals surface area contributed by atoms with E-state index in [9.17, 15) is 0 Å². The Bertz CT molecular complexity index is 3080. The molecule has 0 saturated carbocycles. The monoisotopic (exact) mass is 752 g/mol. The predicted octanol–water partition coefficient (Wildman–Crippen LogP) is 12.3. The van der Waals surface area contributed by atoms with Gasteiger partial charge in [0.25, 0.3) is 0 Å². The fourth-order valence-electron chi connectivity index (χ4n) is 8.79. The Kier molecular flexibility index (Phi) is 8.30. The lowest BCUT2D eigenvalue weighted by Gasteiger charge is -2.33. The molecule has 2 atom stereocenters. The Morgan fingerprint density at radius 2 is 1.40 bits per heavy atom. The van der Waals surface area contributed by atoms with E-state index in [0.29, 0.717) is 0 Å². The smallest absolute Gasteiger partial charge is 0.136 e. The predicted molar refractivity (Wildman–Crippen MR) is 238 cm³/mol. The lowest BCUT2D eigenvalue weighted by Crippen LogP contribution is -2.49. The molecular weight excluding hydrogens is 713 g/mol. The maximum atomic E-state index is 6.53. The molecule has 58 heavy (non-hydrogen) atoms. The maximum absolute atomic E-state index is 6.53. The summed E-state index contributed by atoms with van der Waals surface area (Å²) >= 11 is 0. The summed E-state index contributed by atoms with van der Waals surface area (Å²) < 4.78 is 14.8. The second-order valence-corrected chi connectivity index (χ2v) is 15.1. The molecule has 3 heterocycles. The molecule has 0 saturated heterocycles. The third-order valence-corrected chi connectivity index (χ3v) is 11.7. The van der Waals surface area contributed by atoms with Crippen molar-refractivity contribution in [2.45, 2.75) is 25.2 Å². The van der Waals surface area contributed by atoms with Gasteiger partial charge in [-0.15, -0.1) is 0 Å². The highest BCUT2D eigenvalue weighted by molar-refractivity contribution is 6.10. The van der Waals surface area contributed by atoms with Crippen molar-refractivity contribution in [2.24, 2.45) is 4.99 Å². The van der Waals surface area contributed by atoms with E-state index >= 15 is 0 Å². The number of methoxy groups -OCH3 is 1. The Labute approximate surface area is 336 Å². The molecule has 1 aliphatic heterocycles. The number of hydrogen-bond acceptors (Lipinski definition) is 5. The Morgan fingerprint density at radius 1 is 0.638 bits per heavy atom. The summed E-state index contributed by atoms with van der Waals surface area (Å²) in [5.74, 6) is 1.68. The summed E-state index contributed by atoms with van der Waals surface area (Å²) in [6.45, 7) is 0. The number of allylic oxidation sites excluding steroid dienone is 3. The van der Waals surface area contributed by atoms with Crippen LogP contribution in [0, 0.1) is 0 Å². The lowest BCUT2D eigenvalue weighted by atomic mass is 9.96. The highest BCUT2D eigenvalue weighted by Crippen LogP contribution is 2.39. The molecular formula is C52H40N4O2. The summed E-state index contributed by atoms with van der Waals surface area (Å²) in [7, 11) is 1.74. The van der Waals surface area contributed by atoms with Crippen LogP contribution >= 0.6 is 0 Å². The van der Waals surface area contributed by atoms with E-state index in [1.54, 1.807) is 7.11 Å². The molecule has 0 radical (unpaired) electrons. The van der Waals surface area contributed by atoms with Gasteiger partial charge in [0.2, 0.25) is 0 Å². The number of para-hydroxylation sites is 2. The number of furan rings is 1. The largest absolute Gasteiger partial charge is 0.496 e. The fourth-order valence-corrected chi connectivity index (χ4v) is 8.79. The van der Waals surface area contributed by atoms with Crippen molar-refractivity contribution in [2.75, 3.05) is 7.11 Å². The molecule has 0 bridgehead atoms. The first-order valence-electron chi connectivity index (χ1n) is 19.9. The van der Waals surface area contributed by atoms with Gasteiger partial charge >= 0.3 is 0 Å². The van der Waals surface area contributed by atoms with E-state index in [4.69, 9.17) is 14.1 Å². The maximum Gasteiger partial charge on any atom is 0.136 e. The second kappa shape index (κ2) is 14.1. The summed E-state index contributed by atoms with van der Waals surface area (Å²) in [6.07, 6.45) is 8.37. The van der Waals surface area contributed by atoms with Gasteiger partial charge in [0, 0.05) is 38.4 Å². The lowest BCUT2D eigenvalue weighted by molar-refractivity contribution is 0.416. The molecule has 280 valence electrons. The zero-order valence-electron chi connectivity index (χ0n) is 32.0. The van der Waals surface area contributed by atoms with Crippen molar-refractivity contribution in [1.82, 2.24) is 15.2 Å². The summed E-state index contributed by atoms with van der Waals surface area (Å²) in [5.41, 5.74) is 12.9. The standard InChI is InChI=1S/C52H40N4O2/c1-57-47-27-24-35(30-43(47)37-17-12-18-39(29-37)56-45-21-10-8-19-40(45)41-20-9-11-22-46(41)56)36-25-28-48-44(31-36)42-26-23-38(32-49(42)58-48)52-54-50(33-13-4-2-5-14-33)53-51(55-52)34-15-6-3-7-16-34/h2-6,8-15,17-32,50-51,53H,7,16H2,1H3,(H,54,55). The van der Waals surface area contributed by atoms with Gasteiger partial charge in [0.15, 0.2) is 0 Å². The minimum Gasteiger partial charge on any atom is -0.496 e. The third kappa shape index (κ3) is 5.89. The van der Waals surface area contributed by atoms with Crippen molar-refractivity contribution >= 4 is 49.6 Å². The number of benzene rings is 7. The number of rotatable bonds is 7. The van der Waals surface area contributed by atoms with E-state index in [1.165, 1.54) is 32.9 Å². The topological polar surface area (TPSA) is 63.7 Å². The number of fused-ring (bicyclic) bond motifs is 6. The molecule has 9 aromatic rings. The SMILES string of the molecule is COc1ccc(-c2ccc3oc4cc(C5=NC(C6=CC=CCC6)NC(c6ccccc6)N5)ccc4c3c2)cc1-c1cccc(-n2c3ccccc3c3ccccc32)c1. The van der Waals surface area contributed by atoms with E-state index in [2.05, 4.69) is 191 Å². The van der Waals surface area contributed by atoms with Crippen LogP contribution in [0.25, 0.3) is 71.7 Å². The zero-order valence-corrected chi connectivity index (χ0v) is 32.0. The van der Waals surface area contributed by atoms with Crippen LogP contribution in [-0.2, 0) is 0 Å². The van der Waals surface area contributed by atoms with Gasteiger partial charge in [0.05, 0.1) is 18.1 Å². The van der Waals surface area contributed by atoms with Crippen LogP contribution in [0.1, 0.15) is 30.1 Å². The highest BCUT2D eigenvalue weighted by Gasteiger charge is 2.27. The van der Waals surface area contributed by atoms with Crippen molar-refractivity contribution < 1.29 is 9.15 Å². The van der Waals surface area contributed by atoms with Crippen molar-refractivity contribution in [3.05, 3.63) is 193 Å². The van der Waals surface area contributed by atoms with Gasteiger partial charge in [-0.2, -0.15) is 0 Å². The molecule has 0 spiro atoms. The van der Waals surface area contributed by atoms with Crippen molar-refractivity contribution in [3.63, 3.8) is 0 Å². The number of amidine groups is 1. The number of ether oxygens (including phenoxy) is 1. The van der Waals surface area contributed by atoms with Crippen LogP contribution < -0.4 is 15.4 Å². The third-order valence-electron chi connectivity index (χ3n) is 11.7. The average molecular weight is 753 g/mol. The first kappa shape index (κ1) is 34.1. The molecule has 2 unspecified atom stereocenters. The zero-order chi connectivity index (χ0) is 38.6. The van der Waals surface area contributed by atoms with Gasteiger partial charge in [0.1, 0.15) is 35.1 Å². The van der Waals surface area contributed by atoms with Gasteiger partial charge in [-0.1, -0.05) is 115 Å². The molecule has 6 heteroatoms. The Balaban J connectivity index is 0.954. The second-order valence-electron chi connectivity index (χ2n) is 15.1. The van der Waals surface area contributed by atoms with Gasteiger partial charge < -0.3 is 19.0 Å². The van der Waals surface area contributed by atoms with E-state index in [0.717, 1.165) is 79.9 Å². The van der Waals surface area contributed by atoms with Crippen LogP contribution in [0.5, 0.6) is 5.75 Å². The van der Waals surface area contributed by atoms with E-state index < -0.39 is 0 Å². The first-order valence-corrected chi connectivity index (χ1v) is 19.9. The molecule has 2 N–H and O–H groups in total. The number of nitrogens with one attached hydrogen (secondary N) is 2. The summed E-state index contributed by atoms with van der Waals surface area (Å²) in [5, 5.41) is 12.0. The van der Waals surface area contributed by atoms with Crippen molar-refractivity contribution in [3.8, 4) is 33.7 Å². The van der Waals surface area contributed by atoms with Crippen LogP contribution in [0.2, 0.25) is 0 Å². The van der Waals surface area contributed by atoms with Crippen LogP contribution in [0.3, 0.4) is 0 Å². The fraction of sp³-hybridized carbons (Fsp3) is 0.0962. The number of nitrogens with zero attached hydrogens (tertiary/aromatic N) is 2. The summed E-state index contributed by atoms with van der Waals surface area (Å²) in [6, 6.07) is 55.9. The molecule has 11 rings (SSSR count). The molecule has 1 aliphatic carbocycles. The molecule has 2 aliphatic rings. The van der Waals surface area contributed by atoms with Crippen LogP contribution in [0.4, 0.5) is 0 Å². The molecule has 7 aromatic carbocycles. The van der Waals surface area contributed by atoms with E-state index in [-0.39, 0.29) is 12.3 Å². The number of aliphatic imine (C=N–C) groups is 1. The number of aromatic nitrogens is 1. The van der Waals surface area contributed by atoms with Crippen molar-refractivity contribution in [1.29, 1.82) is 0 Å². The van der Waals surface area contributed by atoms with Gasteiger partial charge in [-0.25, -0.2) is 4.99 Å².